The number of benzene rings is 1. The number of rotatable bonds is 3. The largest absolute Gasteiger partial charge is 0.330 e. The lowest BCUT2D eigenvalue weighted by molar-refractivity contribution is -0.0467. The van der Waals surface area contributed by atoms with Crippen molar-refractivity contribution in [2.24, 2.45) is 35.3 Å². The molecule has 1 nitrogen and oxygen atoms in total. The highest BCUT2D eigenvalue weighted by Crippen LogP contribution is 2.59. The highest BCUT2D eigenvalue weighted by atomic mass is 79.9. The first-order valence-corrected chi connectivity index (χ1v) is 8.99. The molecule has 1 atom stereocenters. The summed E-state index contributed by atoms with van der Waals surface area (Å²) in [5, 5.41) is 0. The van der Waals surface area contributed by atoms with E-state index in [0.29, 0.717) is 5.92 Å². The van der Waals surface area contributed by atoms with E-state index < -0.39 is 0 Å². The Bertz CT molecular complexity index is 453. The first kappa shape index (κ1) is 13.3. The van der Waals surface area contributed by atoms with E-state index in [2.05, 4.69) is 40.2 Å². The molecule has 1 aromatic carbocycles. The molecular weight excluding hydrogens is 310 g/mol. The summed E-state index contributed by atoms with van der Waals surface area (Å²) in [5.74, 6) is 5.47. The molecule has 108 valence electrons. The van der Waals surface area contributed by atoms with Gasteiger partial charge in [0.25, 0.3) is 0 Å². The molecule has 20 heavy (non-hydrogen) atoms. The van der Waals surface area contributed by atoms with Crippen LogP contribution >= 0.6 is 15.9 Å². The predicted octanol–water partition coefficient (Wildman–Crippen LogP) is 4.56. The number of hydrogen-bond acceptors (Lipinski definition) is 1. The SMILES string of the molecule is NCC(c1ccc(Br)cc1)C1C2CC3CC(C2)CC1C3. The van der Waals surface area contributed by atoms with Crippen LogP contribution in [0.4, 0.5) is 0 Å². The van der Waals surface area contributed by atoms with Crippen molar-refractivity contribution >= 4 is 15.9 Å². The van der Waals surface area contributed by atoms with Crippen molar-refractivity contribution < 1.29 is 0 Å². The van der Waals surface area contributed by atoms with E-state index in [1.807, 2.05) is 0 Å². The Kier molecular flexibility index (Phi) is 3.42. The summed E-state index contributed by atoms with van der Waals surface area (Å²) in [6.45, 7) is 0.814. The van der Waals surface area contributed by atoms with E-state index in [9.17, 15) is 0 Å². The minimum absolute atomic E-state index is 0.582. The molecule has 1 aromatic rings. The number of hydrogen-bond donors (Lipinski definition) is 1. The first-order chi connectivity index (χ1) is 9.74. The molecule has 4 saturated carbocycles. The molecule has 2 N–H and O–H groups in total. The molecule has 0 amide bonds. The maximum absolute atomic E-state index is 6.21. The van der Waals surface area contributed by atoms with Crippen LogP contribution in [0.15, 0.2) is 28.7 Å². The summed E-state index contributed by atoms with van der Waals surface area (Å²) >= 11 is 3.54. The van der Waals surface area contributed by atoms with Crippen molar-refractivity contribution in [3.63, 3.8) is 0 Å². The van der Waals surface area contributed by atoms with Crippen LogP contribution in [0.25, 0.3) is 0 Å². The first-order valence-electron chi connectivity index (χ1n) is 8.20. The predicted molar refractivity (Wildman–Crippen MR) is 86.5 cm³/mol. The van der Waals surface area contributed by atoms with Crippen LogP contribution in [0.3, 0.4) is 0 Å². The van der Waals surface area contributed by atoms with E-state index in [1.54, 1.807) is 0 Å². The molecule has 0 spiro atoms. The van der Waals surface area contributed by atoms with Gasteiger partial charge < -0.3 is 5.73 Å². The van der Waals surface area contributed by atoms with Crippen LogP contribution in [-0.2, 0) is 0 Å². The highest BCUT2D eigenvalue weighted by molar-refractivity contribution is 9.10. The minimum Gasteiger partial charge on any atom is -0.330 e. The highest BCUT2D eigenvalue weighted by Gasteiger charge is 2.50. The molecule has 4 aliphatic rings. The molecule has 4 fully saturated rings. The molecule has 4 bridgehead atoms. The summed E-state index contributed by atoms with van der Waals surface area (Å²) < 4.78 is 1.17. The zero-order valence-corrected chi connectivity index (χ0v) is 13.6. The molecule has 0 aromatic heterocycles. The van der Waals surface area contributed by atoms with E-state index in [4.69, 9.17) is 5.73 Å². The van der Waals surface area contributed by atoms with Crippen LogP contribution in [0.5, 0.6) is 0 Å². The van der Waals surface area contributed by atoms with Crippen molar-refractivity contribution in [2.45, 2.75) is 38.0 Å². The third-order valence-electron chi connectivity index (χ3n) is 6.32. The molecule has 1 unspecified atom stereocenters. The van der Waals surface area contributed by atoms with E-state index >= 15 is 0 Å². The minimum atomic E-state index is 0.582. The van der Waals surface area contributed by atoms with Gasteiger partial charge in [0.05, 0.1) is 0 Å². The maximum atomic E-state index is 6.21. The van der Waals surface area contributed by atoms with Gasteiger partial charge in [-0.25, -0.2) is 0 Å². The van der Waals surface area contributed by atoms with Crippen LogP contribution in [-0.4, -0.2) is 6.54 Å². The van der Waals surface area contributed by atoms with Crippen LogP contribution in [0, 0.1) is 29.6 Å². The Morgan fingerprint density at radius 2 is 1.50 bits per heavy atom. The van der Waals surface area contributed by atoms with E-state index in [1.165, 1.54) is 42.1 Å². The normalized spacial score (nSPS) is 40.0. The Hall–Kier alpha value is -0.340. The summed E-state index contributed by atoms with van der Waals surface area (Å²) in [4.78, 5) is 0. The summed E-state index contributed by atoms with van der Waals surface area (Å²) in [6.07, 6.45) is 7.50. The Morgan fingerprint density at radius 1 is 0.950 bits per heavy atom. The quantitative estimate of drug-likeness (QED) is 0.861. The van der Waals surface area contributed by atoms with E-state index in [0.717, 1.165) is 36.1 Å². The standard InChI is InChI=1S/C18H24BrN/c19-16-3-1-13(2-4-16)17(10-20)18-14-6-11-5-12(8-14)9-15(18)7-11/h1-4,11-12,14-15,17-18H,5-10,20H2. The van der Waals surface area contributed by atoms with Gasteiger partial charge in [-0.3, -0.25) is 0 Å². The zero-order valence-electron chi connectivity index (χ0n) is 12.0. The lowest BCUT2D eigenvalue weighted by Crippen LogP contribution is -2.48. The Labute approximate surface area is 130 Å². The Morgan fingerprint density at radius 3 is 2.00 bits per heavy atom. The second kappa shape index (κ2) is 5.14. The number of nitrogens with two attached hydrogens (primary N) is 1. The molecule has 2 heteroatoms. The fourth-order valence-corrected chi connectivity index (χ4v) is 6.11. The van der Waals surface area contributed by atoms with Gasteiger partial charge >= 0.3 is 0 Å². The third kappa shape index (κ3) is 2.16. The number of halogens is 1. The topological polar surface area (TPSA) is 26.0 Å². The summed E-state index contributed by atoms with van der Waals surface area (Å²) in [7, 11) is 0. The molecular formula is C18H24BrN. The van der Waals surface area contributed by atoms with Crippen molar-refractivity contribution in [2.75, 3.05) is 6.54 Å². The smallest absolute Gasteiger partial charge is 0.0175 e. The van der Waals surface area contributed by atoms with Crippen LogP contribution < -0.4 is 5.73 Å². The second-order valence-corrected chi connectivity index (χ2v) is 8.32. The van der Waals surface area contributed by atoms with Gasteiger partial charge in [-0.15, -0.1) is 0 Å². The van der Waals surface area contributed by atoms with Gasteiger partial charge in [-0.1, -0.05) is 28.1 Å². The summed E-state index contributed by atoms with van der Waals surface area (Å²) in [6, 6.07) is 8.92. The lowest BCUT2D eigenvalue weighted by atomic mass is 9.49. The third-order valence-corrected chi connectivity index (χ3v) is 6.85. The van der Waals surface area contributed by atoms with Crippen LogP contribution in [0.1, 0.15) is 43.6 Å². The van der Waals surface area contributed by atoms with Crippen LogP contribution in [0.2, 0.25) is 0 Å². The van der Waals surface area contributed by atoms with Gasteiger partial charge in [-0.05, 0) is 91.9 Å². The maximum Gasteiger partial charge on any atom is 0.0175 e. The van der Waals surface area contributed by atoms with Crippen molar-refractivity contribution in [3.05, 3.63) is 34.3 Å². The van der Waals surface area contributed by atoms with Crippen molar-refractivity contribution in [3.8, 4) is 0 Å². The van der Waals surface area contributed by atoms with Crippen molar-refractivity contribution in [1.29, 1.82) is 0 Å². The van der Waals surface area contributed by atoms with Gasteiger partial charge in [0, 0.05) is 4.47 Å². The van der Waals surface area contributed by atoms with Gasteiger partial charge in [-0.2, -0.15) is 0 Å². The molecule has 0 radical (unpaired) electrons. The lowest BCUT2D eigenvalue weighted by Gasteiger charge is -2.56. The monoisotopic (exact) mass is 333 g/mol. The fourth-order valence-electron chi connectivity index (χ4n) is 5.85. The molecule has 0 aliphatic heterocycles. The van der Waals surface area contributed by atoms with Gasteiger partial charge in [0.1, 0.15) is 0 Å². The second-order valence-electron chi connectivity index (χ2n) is 7.40. The zero-order chi connectivity index (χ0) is 13.7. The molecule has 0 saturated heterocycles. The molecule has 5 rings (SSSR count). The van der Waals surface area contributed by atoms with Crippen molar-refractivity contribution in [1.82, 2.24) is 0 Å². The van der Waals surface area contributed by atoms with Gasteiger partial charge in [0.15, 0.2) is 0 Å². The Balaban J connectivity index is 1.63. The molecule has 4 aliphatic carbocycles. The summed E-state index contributed by atoms with van der Waals surface area (Å²) in [5.41, 5.74) is 7.68. The van der Waals surface area contributed by atoms with E-state index in [-0.39, 0.29) is 0 Å². The molecule has 0 heterocycles. The average molecular weight is 334 g/mol. The average Bonchev–Trinajstić information content (AvgIpc) is 2.43. The van der Waals surface area contributed by atoms with Gasteiger partial charge in [0.2, 0.25) is 0 Å². The fraction of sp³-hybridized carbons (Fsp3) is 0.667.